The summed E-state index contributed by atoms with van der Waals surface area (Å²) in [5, 5.41) is 2.61. The lowest BCUT2D eigenvalue weighted by Crippen LogP contribution is -2.61. The Bertz CT molecular complexity index is 1620. The van der Waals surface area contributed by atoms with E-state index in [2.05, 4.69) is 4.90 Å². The second-order valence-electron chi connectivity index (χ2n) is 11.0. The van der Waals surface area contributed by atoms with E-state index in [0.717, 1.165) is 32.5 Å². The second kappa shape index (κ2) is 9.03. The molecule has 0 N–H and O–H groups in total. The molecule has 4 aliphatic rings. The third-order valence-electron chi connectivity index (χ3n) is 9.09. The quantitative estimate of drug-likeness (QED) is 0.450. The second-order valence-corrected chi connectivity index (χ2v) is 12.3. The molecule has 7 rings (SSSR count). The first-order valence-electron chi connectivity index (χ1n) is 13.6. The smallest absolute Gasteiger partial charge is 0.311 e. The zero-order valence-electron chi connectivity index (χ0n) is 22.7. The topological polar surface area (TPSA) is 76.2 Å². The van der Waals surface area contributed by atoms with Crippen molar-refractivity contribution in [1.29, 1.82) is 0 Å². The lowest BCUT2D eigenvalue weighted by molar-refractivity contribution is -0.147. The number of benzene rings is 3. The molecular formula is C32H30N2O5S. The Morgan fingerprint density at radius 1 is 1.00 bits per heavy atom. The van der Waals surface area contributed by atoms with E-state index in [1.165, 1.54) is 18.9 Å². The Labute approximate surface area is 237 Å². The van der Waals surface area contributed by atoms with E-state index in [1.807, 2.05) is 79.5 Å². The van der Waals surface area contributed by atoms with Gasteiger partial charge in [0.25, 0.3) is 0 Å². The van der Waals surface area contributed by atoms with Crippen LogP contribution in [-0.2, 0) is 24.6 Å². The van der Waals surface area contributed by atoms with Crippen LogP contribution in [0.5, 0.6) is 0 Å². The molecule has 0 radical (unpaired) electrons. The lowest BCUT2D eigenvalue weighted by atomic mass is 9.69. The molecule has 0 unspecified atom stereocenters. The van der Waals surface area contributed by atoms with Gasteiger partial charge in [0.1, 0.15) is 10.3 Å². The Morgan fingerprint density at radius 3 is 2.40 bits per heavy atom. The van der Waals surface area contributed by atoms with Gasteiger partial charge < -0.3 is 14.4 Å². The zero-order chi connectivity index (χ0) is 27.8. The number of carbonyl (C=O) groups is 3. The highest BCUT2D eigenvalue weighted by Gasteiger charge is 2.78. The number of allylic oxidation sites excluding steroid dienone is 1. The highest BCUT2D eigenvalue weighted by molar-refractivity contribution is 8.06. The number of likely N-dealkylation sites (N-methyl/N-ethyl adjacent to an activating group) is 1. The molecule has 2 spiro atoms. The number of fused-ring (bicyclic) bond motifs is 2. The number of hydrogen-bond donors (Lipinski definition) is 0. The normalized spacial score (nSPS) is 28.1. The monoisotopic (exact) mass is 554 g/mol. The summed E-state index contributed by atoms with van der Waals surface area (Å²) >= 11 is 1.39. The predicted molar refractivity (Wildman–Crippen MR) is 154 cm³/mol. The van der Waals surface area contributed by atoms with Crippen molar-refractivity contribution in [2.24, 2.45) is 5.92 Å². The lowest BCUT2D eigenvalue weighted by Gasteiger charge is -2.44. The highest BCUT2D eigenvalue weighted by atomic mass is 32.2. The fourth-order valence-electron chi connectivity index (χ4n) is 7.32. The first kappa shape index (κ1) is 25.5. The van der Waals surface area contributed by atoms with Crippen LogP contribution in [0.4, 0.5) is 0 Å². The van der Waals surface area contributed by atoms with Gasteiger partial charge >= 0.3 is 5.97 Å². The Kier molecular flexibility index (Phi) is 5.75. The number of ether oxygens (including phenoxy) is 2. The number of Topliss-reactive ketones (excluding diaryl/α,β-unsaturated/α-hetero) is 2. The summed E-state index contributed by atoms with van der Waals surface area (Å²) in [5.74, 6) is -1.67. The van der Waals surface area contributed by atoms with Gasteiger partial charge in [-0.05, 0) is 35.9 Å². The summed E-state index contributed by atoms with van der Waals surface area (Å²) in [6.07, 6.45) is 0. The summed E-state index contributed by atoms with van der Waals surface area (Å²) in [6, 6.07) is 19.5. The van der Waals surface area contributed by atoms with Gasteiger partial charge in [0.2, 0.25) is 0 Å². The van der Waals surface area contributed by atoms with E-state index >= 15 is 4.79 Å². The third-order valence-corrected chi connectivity index (χ3v) is 10.8. The van der Waals surface area contributed by atoms with Gasteiger partial charge in [0.05, 0.1) is 36.8 Å². The maximum Gasteiger partial charge on any atom is 0.311 e. The van der Waals surface area contributed by atoms with Crippen LogP contribution in [0.1, 0.15) is 27.0 Å². The van der Waals surface area contributed by atoms with Crippen molar-refractivity contribution in [2.45, 2.75) is 17.2 Å². The molecule has 2 fully saturated rings. The molecule has 0 bridgehead atoms. The standard InChI is InChI=1S/C32H30N2O5S/c1-19-10-12-21(13-11-19)26-28(36)32(40-29(26)34-14-16-39-17-15-34)24(30(37)38-3)18-33(2)31(32)23-9-5-7-20-6-4-8-22(25(20)23)27(31)35/h4-13,24H,14-18H2,1-3H3/t24-,31-,32-/m0/s1. The van der Waals surface area contributed by atoms with Crippen molar-refractivity contribution in [3.8, 4) is 0 Å². The first-order valence-corrected chi connectivity index (χ1v) is 14.4. The van der Waals surface area contributed by atoms with Gasteiger partial charge in [-0.15, -0.1) is 0 Å². The number of thioether (sulfide) groups is 1. The van der Waals surface area contributed by atoms with Crippen molar-refractivity contribution in [3.05, 3.63) is 87.9 Å². The minimum Gasteiger partial charge on any atom is -0.469 e. The van der Waals surface area contributed by atoms with Crippen molar-refractivity contribution in [3.63, 3.8) is 0 Å². The Balaban J connectivity index is 1.53. The number of ketones is 2. The number of likely N-dealkylation sites (tertiary alicyclic amines) is 1. The van der Waals surface area contributed by atoms with Crippen LogP contribution < -0.4 is 0 Å². The van der Waals surface area contributed by atoms with Crippen LogP contribution in [0.25, 0.3) is 16.3 Å². The number of nitrogens with zero attached hydrogens (tertiary/aromatic N) is 2. The van der Waals surface area contributed by atoms with E-state index < -0.39 is 22.2 Å². The SMILES string of the molecule is COC(=O)[C@@H]1CN(C)[C@@]2(C(=O)c3cccc4cccc2c34)[C@]12SC(N1CCOCC1)=C(c1ccc(C)cc1)C2=O. The summed E-state index contributed by atoms with van der Waals surface area (Å²) < 4.78 is 9.55. The van der Waals surface area contributed by atoms with E-state index in [4.69, 9.17) is 9.47 Å². The summed E-state index contributed by atoms with van der Waals surface area (Å²) in [5.41, 5.74) is 2.44. The average Bonchev–Trinajstić information content (AvgIpc) is 3.54. The van der Waals surface area contributed by atoms with Gasteiger partial charge in [-0.3, -0.25) is 19.3 Å². The Hall–Kier alpha value is -3.46. The maximum absolute atomic E-state index is 15.3. The number of aryl methyl sites for hydroxylation is 1. The number of carbonyl (C=O) groups excluding carboxylic acids is 3. The summed E-state index contributed by atoms with van der Waals surface area (Å²) in [7, 11) is 3.22. The molecule has 3 aromatic carbocycles. The zero-order valence-corrected chi connectivity index (χ0v) is 23.5. The van der Waals surface area contributed by atoms with Crippen molar-refractivity contribution in [1.82, 2.24) is 9.80 Å². The molecule has 8 heteroatoms. The van der Waals surface area contributed by atoms with Crippen LogP contribution >= 0.6 is 11.8 Å². The predicted octanol–water partition coefficient (Wildman–Crippen LogP) is 4.03. The van der Waals surface area contributed by atoms with Gasteiger partial charge in [-0.25, -0.2) is 0 Å². The molecule has 1 aliphatic carbocycles. The van der Waals surface area contributed by atoms with Crippen LogP contribution in [-0.4, -0.2) is 79.1 Å². The number of esters is 1. The molecule has 2 saturated heterocycles. The van der Waals surface area contributed by atoms with E-state index in [-0.39, 0.29) is 18.1 Å². The van der Waals surface area contributed by atoms with Crippen LogP contribution in [0.15, 0.2) is 65.7 Å². The molecule has 0 aromatic heterocycles. The van der Waals surface area contributed by atoms with Crippen LogP contribution in [0, 0.1) is 12.8 Å². The van der Waals surface area contributed by atoms with Crippen molar-refractivity contribution >= 4 is 45.6 Å². The third kappa shape index (κ3) is 3.07. The number of methoxy groups -OCH3 is 1. The average molecular weight is 555 g/mol. The number of hydrogen-bond acceptors (Lipinski definition) is 8. The molecule has 3 atom stereocenters. The van der Waals surface area contributed by atoms with Gasteiger partial charge in [-0.2, -0.15) is 0 Å². The molecular weight excluding hydrogens is 524 g/mol. The fraction of sp³-hybridized carbons (Fsp3) is 0.344. The van der Waals surface area contributed by atoms with Crippen LogP contribution in [0.2, 0.25) is 0 Å². The van der Waals surface area contributed by atoms with Crippen molar-refractivity contribution < 1.29 is 23.9 Å². The van der Waals surface area contributed by atoms with Crippen LogP contribution in [0.3, 0.4) is 0 Å². The maximum atomic E-state index is 15.3. The largest absolute Gasteiger partial charge is 0.469 e. The molecule has 40 heavy (non-hydrogen) atoms. The minimum atomic E-state index is -1.45. The molecule has 3 aromatic rings. The van der Waals surface area contributed by atoms with Crippen molar-refractivity contribution in [2.75, 3.05) is 47.0 Å². The number of rotatable bonds is 3. The molecule has 204 valence electrons. The molecule has 0 saturated carbocycles. The summed E-state index contributed by atoms with van der Waals surface area (Å²) in [4.78, 5) is 47.9. The summed E-state index contributed by atoms with van der Waals surface area (Å²) in [6.45, 7) is 4.56. The molecule has 0 amide bonds. The van der Waals surface area contributed by atoms with Gasteiger partial charge in [0.15, 0.2) is 11.6 Å². The molecule has 7 nitrogen and oxygen atoms in total. The number of morpholine rings is 1. The fourth-order valence-corrected chi connectivity index (χ4v) is 9.26. The minimum absolute atomic E-state index is 0.138. The molecule has 3 aliphatic heterocycles. The van der Waals surface area contributed by atoms with E-state index in [1.54, 1.807) is 0 Å². The Morgan fingerprint density at radius 2 is 1.70 bits per heavy atom. The molecule has 3 heterocycles. The van der Waals surface area contributed by atoms with Gasteiger partial charge in [0, 0.05) is 25.2 Å². The van der Waals surface area contributed by atoms with E-state index in [0.29, 0.717) is 37.4 Å². The van der Waals surface area contributed by atoms with Gasteiger partial charge in [-0.1, -0.05) is 78.0 Å². The van der Waals surface area contributed by atoms with E-state index in [9.17, 15) is 9.59 Å². The first-order chi connectivity index (χ1) is 19.4. The highest BCUT2D eigenvalue weighted by Crippen LogP contribution is 2.67.